The molecule has 1 saturated heterocycles. The first-order chi connectivity index (χ1) is 15.5. The molecule has 1 amide bonds. The molecule has 2 aromatic rings. The van der Waals surface area contributed by atoms with Crippen molar-refractivity contribution in [2.45, 2.75) is 58.7 Å². The highest BCUT2D eigenvalue weighted by atomic mass is 16.1. The molecule has 1 aliphatic rings. The molecule has 32 heavy (non-hydrogen) atoms. The highest BCUT2D eigenvalue weighted by Crippen LogP contribution is 2.24. The van der Waals surface area contributed by atoms with Crippen LogP contribution in [0.3, 0.4) is 0 Å². The van der Waals surface area contributed by atoms with Gasteiger partial charge < -0.3 is 20.9 Å². The Labute approximate surface area is 192 Å². The van der Waals surface area contributed by atoms with Gasteiger partial charge in [-0.2, -0.15) is 0 Å². The van der Waals surface area contributed by atoms with Gasteiger partial charge in [-0.25, -0.2) is 0 Å². The number of hydrogen-bond donors (Lipinski definition) is 3. The Kier molecular flexibility index (Phi) is 8.54. The van der Waals surface area contributed by atoms with Crippen molar-refractivity contribution in [3.8, 4) is 0 Å². The summed E-state index contributed by atoms with van der Waals surface area (Å²) in [6.45, 7) is 9.10. The van der Waals surface area contributed by atoms with E-state index in [2.05, 4.69) is 64.0 Å². The van der Waals surface area contributed by atoms with Crippen LogP contribution in [0.2, 0.25) is 0 Å². The van der Waals surface area contributed by atoms with Crippen molar-refractivity contribution in [2.75, 3.05) is 25.0 Å². The van der Waals surface area contributed by atoms with E-state index in [4.69, 9.17) is 0 Å². The van der Waals surface area contributed by atoms with Crippen LogP contribution in [0.5, 0.6) is 0 Å². The molecule has 0 spiro atoms. The van der Waals surface area contributed by atoms with Gasteiger partial charge in [0, 0.05) is 44.0 Å². The summed E-state index contributed by atoms with van der Waals surface area (Å²) in [5.74, 6) is 0.703. The normalized spacial score (nSPS) is 15.9. The summed E-state index contributed by atoms with van der Waals surface area (Å²) in [5, 5.41) is 9.87. The number of anilines is 1. The van der Waals surface area contributed by atoms with E-state index in [-0.39, 0.29) is 18.0 Å². The van der Waals surface area contributed by atoms with Crippen LogP contribution < -0.4 is 20.9 Å². The van der Waals surface area contributed by atoms with Gasteiger partial charge in [-0.05, 0) is 68.5 Å². The largest absolute Gasteiger partial charge is 0.372 e. The van der Waals surface area contributed by atoms with Crippen molar-refractivity contribution in [1.29, 1.82) is 0 Å². The zero-order chi connectivity index (χ0) is 22.9. The number of carbonyl (C=O) groups is 1. The summed E-state index contributed by atoms with van der Waals surface area (Å²) in [6.07, 6.45) is 3.46. The van der Waals surface area contributed by atoms with Crippen molar-refractivity contribution in [2.24, 2.45) is 4.99 Å². The molecule has 2 unspecified atom stereocenters. The van der Waals surface area contributed by atoms with Gasteiger partial charge in [0.2, 0.25) is 0 Å². The van der Waals surface area contributed by atoms with Crippen molar-refractivity contribution >= 4 is 17.6 Å². The molecule has 1 heterocycles. The van der Waals surface area contributed by atoms with Crippen molar-refractivity contribution < 1.29 is 4.79 Å². The number of carbonyl (C=O) groups excluding carboxylic acids is 1. The number of nitrogens with one attached hydrogen (secondary N) is 3. The summed E-state index contributed by atoms with van der Waals surface area (Å²) >= 11 is 0. The maximum atomic E-state index is 12.4. The summed E-state index contributed by atoms with van der Waals surface area (Å²) in [4.78, 5) is 19.2. The van der Waals surface area contributed by atoms with E-state index in [0.717, 1.165) is 31.0 Å². The molecule has 0 bridgehead atoms. The van der Waals surface area contributed by atoms with Crippen LogP contribution in [0.4, 0.5) is 5.69 Å². The molecule has 2 atom stereocenters. The number of aliphatic imine (C=N–C) groups is 1. The molecule has 3 rings (SSSR count). The van der Waals surface area contributed by atoms with E-state index in [0.29, 0.717) is 12.1 Å². The first kappa shape index (κ1) is 23.6. The van der Waals surface area contributed by atoms with E-state index in [1.165, 1.54) is 24.1 Å². The predicted octanol–water partition coefficient (Wildman–Crippen LogP) is 4.24. The van der Waals surface area contributed by atoms with Gasteiger partial charge in [0.1, 0.15) is 0 Å². The fraction of sp³-hybridized carbons (Fsp3) is 0.462. The van der Waals surface area contributed by atoms with Gasteiger partial charge in [-0.3, -0.25) is 9.79 Å². The monoisotopic (exact) mass is 435 g/mol. The summed E-state index contributed by atoms with van der Waals surface area (Å²) in [7, 11) is 1.78. The van der Waals surface area contributed by atoms with Crippen LogP contribution in [0, 0.1) is 0 Å². The minimum Gasteiger partial charge on any atom is -0.372 e. The molecule has 6 nitrogen and oxygen atoms in total. The van der Waals surface area contributed by atoms with Crippen LogP contribution in [0.15, 0.2) is 53.5 Å². The molecular weight excluding hydrogens is 398 g/mol. The molecule has 6 heteroatoms. The Hall–Kier alpha value is -3.02. The molecule has 172 valence electrons. The van der Waals surface area contributed by atoms with E-state index >= 15 is 0 Å². The Morgan fingerprint density at radius 1 is 1.06 bits per heavy atom. The van der Waals surface area contributed by atoms with Gasteiger partial charge in [0.25, 0.3) is 5.91 Å². The lowest BCUT2D eigenvalue weighted by Crippen LogP contribution is -2.38. The number of amides is 1. The molecule has 1 fully saturated rings. The molecule has 3 N–H and O–H groups in total. The molecule has 0 aliphatic carbocycles. The summed E-state index contributed by atoms with van der Waals surface area (Å²) in [5.41, 5.74) is 4.25. The van der Waals surface area contributed by atoms with Crippen LogP contribution in [-0.4, -0.2) is 38.0 Å². The zero-order valence-electron chi connectivity index (χ0n) is 19.8. The lowest BCUT2D eigenvalue weighted by atomic mass is 10.1. The van der Waals surface area contributed by atoms with Crippen molar-refractivity contribution in [3.63, 3.8) is 0 Å². The molecule has 2 aromatic carbocycles. The molecule has 0 aromatic heterocycles. The van der Waals surface area contributed by atoms with Crippen LogP contribution in [0.1, 0.15) is 67.6 Å². The first-order valence-electron chi connectivity index (χ1n) is 11.7. The van der Waals surface area contributed by atoms with Crippen LogP contribution in [-0.2, 0) is 6.54 Å². The predicted molar refractivity (Wildman–Crippen MR) is 133 cm³/mol. The standard InChI is InChI=1S/C26H37N5O/c1-5-19(2)29-25(32)23-12-8-10-21(16-23)18-28-26(27-4)30-20(3)22-11-9-13-24(17-22)31-14-6-7-15-31/h8-13,16-17,19-20H,5-7,14-15,18H2,1-4H3,(H,29,32)(H2,27,28,30). The minimum atomic E-state index is -0.0322. The second-order valence-electron chi connectivity index (χ2n) is 8.56. The smallest absolute Gasteiger partial charge is 0.251 e. The third-order valence-corrected chi connectivity index (χ3v) is 6.06. The number of guanidine groups is 1. The van der Waals surface area contributed by atoms with E-state index in [9.17, 15) is 4.79 Å². The number of benzene rings is 2. The molecule has 1 aliphatic heterocycles. The lowest BCUT2D eigenvalue weighted by Gasteiger charge is -2.22. The Bertz CT molecular complexity index is 920. The van der Waals surface area contributed by atoms with Crippen LogP contribution >= 0.6 is 0 Å². The number of nitrogens with zero attached hydrogens (tertiary/aromatic N) is 2. The topological polar surface area (TPSA) is 68.8 Å². The quantitative estimate of drug-likeness (QED) is 0.428. The Morgan fingerprint density at radius 2 is 1.81 bits per heavy atom. The van der Waals surface area contributed by atoms with E-state index in [1.54, 1.807) is 7.05 Å². The zero-order valence-corrected chi connectivity index (χ0v) is 19.8. The molecule has 0 saturated carbocycles. The molecular formula is C26H37N5O. The number of rotatable bonds is 8. The van der Waals surface area contributed by atoms with Gasteiger partial charge in [-0.1, -0.05) is 31.2 Å². The third-order valence-electron chi connectivity index (χ3n) is 6.06. The van der Waals surface area contributed by atoms with Crippen molar-refractivity contribution in [1.82, 2.24) is 16.0 Å². The minimum absolute atomic E-state index is 0.0322. The van der Waals surface area contributed by atoms with Gasteiger partial charge in [-0.15, -0.1) is 0 Å². The fourth-order valence-corrected chi connectivity index (χ4v) is 3.87. The average Bonchev–Trinajstić information content (AvgIpc) is 3.37. The molecule has 0 radical (unpaired) electrons. The van der Waals surface area contributed by atoms with E-state index in [1.807, 2.05) is 31.2 Å². The maximum Gasteiger partial charge on any atom is 0.251 e. The SMILES string of the molecule is CCC(C)NC(=O)c1cccc(CNC(=NC)NC(C)c2cccc(N3CCCC3)c2)c1. The number of hydrogen-bond acceptors (Lipinski definition) is 3. The maximum absolute atomic E-state index is 12.4. The van der Waals surface area contributed by atoms with Gasteiger partial charge in [0.15, 0.2) is 5.96 Å². The van der Waals surface area contributed by atoms with E-state index < -0.39 is 0 Å². The highest BCUT2D eigenvalue weighted by molar-refractivity contribution is 5.94. The summed E-state index contributed by atoms with van der Waals surface area (Å²) < 4.78 is 0. The van der Waals surface area contributed by atoms with Gasteiger partial charge in [0.05, 0.1) is 6.04 Å². The van der Waals surface area contributed by atoms with Crippen molar-refractivity contribution in [3.05, 3.63) is 65.2 Å². The Morgan fingerprint density at radius 3 is 2.53 bits per heavy atom. The third kappa shape index (κ3) is 6.49. The Balaban J connectivity index is 1.58. The second kappa shape index (κ2) is 11.6. The highest BCUT2D eigenvalue weighted by Gasteiger charge is 2.15. The fourth-order valence-electron chi connectivity index (χ4n) is 3.87. The first-order valence-corrected chi connectivity index (χ1v) is 11.7. The lowest BCUT2D eigenvalue weighted by molar-refractivity contribution is 0.0939. The van der Waals surface area contributed by atoms with Gasteiger partial charge >= 0.3 is 0 Å². The second-order valence-corrected chi connectivity index (χ2v) is 8.56. The summed E-state index contributed by atoms with van der Waals surface area (Å²) in [6, 6.07) is 16.8. The average molecular weight is 436 g/mol. The van der Waals surface area contributed by atoms with Crippen LogP contribution in [0.25, 0.3) is 0 Å².